The Hall–Kier alpha value is -1.07. The maximum absolute atomic E-state index is 6.11. The zero-order valence-electron chi connectivity index (χ0n) is 12.7. The van der Waals surface area contributed by atoms with Gasteiger partial charge in [0.2, 0.25) is 0 Å². The van der Waals surface area contributed by atoms with Crippen molar-refractivity contribution in [3.63, 3.8) is 0 Å². The third-order valence-electron chi connectivity index (χ3n) is 4.13. The number of H-pyrrole nitrogens is 1. The van der Waals surface area contributed by atoms with Crippen LogP contribution in [0.2, 0.25) is 10.0 Å². The van der Waals surface area contributed by atoms with Gasteiger partial charge >= 0.3 is 0 Å². The number of benzene rings is 1. The molecule has 0 bridgehead atoms. The van der Waals surface area contributed by atoms with E-state index in [2.05, 4.69) is 22.0 Å². The number of aromatic nitrogens is 2. The predicted molar refractivity (Wildman–Crippen MR) is 88.5 cm³/mol. The highest BCUT2D eigenvalue weighted by Crippen LogP contribution is 2.29. The van der Waals surface area contributed by atoms with Crippen molar-refractivity contribution in [2.75, 3.05) is 19.7 Å². The molecule has 118 valence electrons. The van der Waals surface area contributed by atoms with Gasteiger partial charge in [0.05, 0.1) is 28.5 Å². The Morgan fingerprint density at radius 3 is 2.82 bits per heavy atom. The third-order valence-corrected chi connectivity index (χ3v) is 4.87. The topological polar surface area (TPSA) is 41.2 Å². The SMILES string of the molecule is Cc1n[nH]c(C)c1CN1CCOC(c2ccc(Cl)c(Cl)c2)C1. The van der Waals surface area contributed by atoms with Crippen molar-refractivity contribution < 1.29 is 4.74 Å². The molecule has 6 heteroatoms. The Kier molecular flexibility index (Phi) is 4.73. The van der Waals surface area contributed by atoms with Crippen LogP contribution in [0.25, 0.3) is 0 Å². The van der Waals surface area contributed by atoms with Crippen LogP contribution in [0, 0.1) is 13.8 Å². The molecular formula is C16H19Cl2N3O. The molecule has 1 atom stereocenters. The largest absolute Gasteiger partial charge is 0.371 e. The highest BCUT2D eigenvalue weighted by atomic mass is 35.5. The molecule has 1 aliphatic rings. The highest BCUT2D eigenvalue weighted by Gasteiger charge is 2.23. The monoisotopic (exact) mass is 339 g/mol. The van der Waals surface area contributed by atoms with Crippen LogP contribution in [0.4, 0.5) is 0 Å². The standard InChI is InChI=1S/C16H19Cl2N3O/c1-10-13(11(2)20-19-10)8-21-5-6-22-16(9-21)12-3-4-14(17)15(18)7-12/h3-4,7,16H,5-6,8-9H2,1-2H3,(H,19,20). The van der Waals surface area contributed by atoms with Gasteiger partial charge in [0.25, 0.3) is 0 Å². The highest BCUT2D eigenvalue weighted by molar-refractivity contribution is 6.42. The van der Waals surface area contributed by atoms with Crippen molar-refractivity contribution in [3.05, 3.63) is 50.8 Å². The van der Waals surface area contributed by atoms with E-state index in [4.69, 9.17) is 27.9 Å². The van der Waals surface area contributed by atoms with Crippen LogP contribution in [-0.4, -0.2) is 34.8 Å². The van der Waals surface area contributed by atoms with Crippen molar-refractivity contribution >= 4 is 23.2 Å². The average Bonchev–Trinajstić information content (AvgIpc) is 2.82. The van der Waals surface area contributed by atoms with E-state index in [0.29, 0.717) is 16.7 Å². The van der Waals surface area contributed by atoms with Crippen molar-refractivity contribution in [2.45, 2.75) is 26.5 Å². The van der Waals surface area contributed by atoms with Crippen LogP contribution >= 0.6 is 23.2 Å². The predicted octanol–water partition coefficient (Wildman–Crippen LogP) is 3.91. The van der Waals surface area contributed by atoms with Crippen LogP contribution in [0.3, 0.4) is 0 Å². The van der Waals surface area contributed by atoms with Gasteiger partial charge in [-0.1, -0.05) is 29.3 Å². The lowest BCUT2D eigenvalue weighted by Gasteiger charge is -2.33. The number of aromatic amines is 1. The van der Waals surface area contributed by atoms with E-state index >= 15 is 0 Å². The smallest absolute Gasteiger partial charge is 0.0953 e. The summed E-state index contributed by atoms with van der Waals surface area (Å²) in [5, 5.41) is 8.45. The second kappa shape index (κ2) is 6.59. The van der Waals surface area contributed by atoms with Gasteiger partial charge < -0.3 is 4.74 Å². The number of aryl methyl sites for hydroxylation is 2. The first-order valence-corrected chi connectivity index (χ1v) is 8.09. The van der Waals surface area contributed by atoms with E-state index in [1.54, 1.807) is 0 Å². The fourth-order valence-electron chi connectivity index (χ4n) is 2.79. The quantitative estimate of drug-likeness (QED) is 0.921. The summed E-state index contributed by atoms with van der Waals surface area (Å²) in [6.45, 7) is 7.45. The van der Waals surface area contributed by atoms with Gasteiger partial charge in [0.15, 0.2) is 0 Å². The van der Waals surface area contributed by atoms with Gasteiger partial charge in [-0.05, 0) is 31.5 Å². The molecule has 0 saturated carbocycles. The normalized spacial score (nSPS) is 19.5. The summed E-state index contributed by atoms with van der Waals surface area (Å²) in [6.07, 6.45) is 0.0241. The fraction of sp³-hybridized carbons (Fsp3) is 0.438. The summed E-state index contributed by atoms with van der Waals surface area (Å²) in [5.74, 6) is 0. The third kappa shape index (κ3) is 3.30. The van der Waals surface area contributed by atoms with Gasteiger partial charge in [-0.25, -0.2) is 0 Å². The van der Waals surface area contributed by atoms with E-state index in [0.717, 1.165) is 36.6 Å². The fourth-order valence-corrected chi connectivity index (χ4v) is 3.10. The summed E-state index contributed by atoms with van der Waals surface area (Å²) in [6, 6.07) is 5.70. The Labute approximate surface area is 140 Å². The van der Waals surface area contributed by atoms with Crippen LogP contribution in [0.5, 0.6) is 0 Å². The van der Waals surface area contributed by atoms with Crippen molar-refractivity contribution in [1.29, 1.82) is 0 Å². The average molecular weight is 340 g/mol. The van der Waals surface area contributed by atoms with Gasteiger partial charge in [-0.3, -0.25) is 10.00 Å². The van der Waals surface area contributed by atoms with Crippen LogP contribution < -0.4 is 0 Å². The van der Waals surface area contributed by atoms with E-state index < -0.39 is 0 Å². The Bertz CT molecular complexity index is 652. The van der Waals surface area contributed by atoms with Gasteiger partial charge in [0.1, 0.15) is 0 Å². The summed E-state index contributed by atoms with van der Waals surface area (Å²) in [5.41, 5.74) is 4.54. The number of nitrogens with one attached hydrogen (secondary N) is 1. The molecule has 1 fully saturated rings. The van der Waals surface area contributed by atoms with E-state index in [1.165, 1.54) is 5.56 Å². The zero-order valence-corrected chi connectivity index (χ0v) is 14.2. The molecule has 0 aliphatic carbocycles. The van der Waals surface area contributed by atoms with Crippen LogP contribution in [-0.2, 0) is 11.3 Å². The molecule has 4 nitrogen and oxygen atoms in total. The molecule has 3 rings (SSSR count). The number of hydrogen-bond donors (Lipinski definition) is 1. The number of halogens is 2. The van der Waals surface area contributed by atoms with E-state index in [-0.39, 0.29) is 6.10 Å². The molecule has 0 spiro atoms. The first-order chi connectivity index (χ1) is 10.5. The minimum Gasteiger partial charge on any atom is -0.371 e. The first-order valence-electron chi connectivity index (χ1n) is 7.34. The Morgan fingerprint density at radius 1 is 1.32 bits per heavy atom. The number of rotatable bonds is 3. The Balaban J connectivity index is 1.72. The van der Waals surface area contributed by atoms with E-state index in [9.17, 15) is 0 Å². The summed E-state index contributed by atoms with van der Waals surface area (Å²) in [4.78, 5) is 2.39. The van der Waals surface area contributed by atoms with Gasteiger partial charge in [-0.15, -0.1) is 0 Å². The minimum absolute atomic E-state index is 0.0241. The Morgan fingerprint density at radius 2 is 2.14 bits per heavy atom. The molecular weight excluding hydrogens is 321 g/mol. The molecule has 1 aliphatic heterocycles. The van der Waals surface area contributed by atoms with Crippen LogP contribution in [0.15, 0.2) is 18.2 Å². The molecule has 22 heavy (non-hydrogen) atoms. The molecule has 0 radical (unpaired) electrons. The molecule has 1 saturated heterocycles. The number of hydrogen-bond acceptors (Lipinski definition) is 3. The van der Waals surface area contributed by atoms with Crippen molar-refractivity contribution in [3.8, 4) is 0 Å². The second-order valence-electron chi connectivity index (χ2n) is 5.68. The number of morpholine rings is 1. The maximum atomic E-state index is 6.11. The zero-order chi connectivity index (χ0) is 15.7. The summed E-state index contributed by atoms with van der Waals surface area (Å²) >= 11 is 12.1. The van der Waals surface area contributed by atoms with Gasteiger partial charge in [-0.2, -0.15) is 5.10 Å². The van der Waals surface area contributed by atoms with Crippen LogP contribution in [0.1, 0.15) is 28.6 Å². The number of nitrogens with zero attached hydrogens (tertiary/aromatic N) is 2. The van der Waals surface area contributed by atoms with Crippen molar-refractivity contribution in [1.82, 2.24) is 15.1 Å². The lowest BCUT2D eigenvalue weighted by molar-refractivity contribution is -0.0330. The molecule has 1 aromatic heterocycles. The lowest BCUT2D eigenvalue weighted by Crippen LogP contribution is -2.38. The number of ether oxygens (including phenoxy) is 1. The van der Waals surface area contributed by atoms with Crippen molar-refractivity contribution in [2.24, 2.45) is 0 Å². The molecule has 1 aromatic carbocycles. The first kappa shape index (κ1) is 15.8. The molecule has 2 heterocycles. The second-order valence-corrected chi connectivity index (χ2v) is 6.50. The molecule has 1 unspecified atom stereocenters. The molecule has 2 aromatic rings. The maximum Gasteiger partial charge on any atom is 0.0953 e. The summed E-state index contributed by atoms with van der Waals surface area (Å²) in [7, 11) is 0. The minimum atomic E-state index is 0.0241. The lowest BCUT2D eigenvalue weighted by atomic mass is 10.1. The van der Waals surface area contributed by atoms with E-state index in [1.807, 2.05) is 25.1 Å². The summed E-state index contributed by atoms with van der Waals surface area (Å²) < 4.78 is 5.90. The molecule has 0 amide bonds. The van der Waals surface area contributed by atoms with Gasteiger partial charge in [0, 0.05) is 30.9 Å². The molecule has 1 N–H and O–H groups in total.